The monoisotopic (exact) mass is 508 g/mol. The fourth-order valence-corrected chi connectivity index (χ4v) is 5.23. The van der Waals surface area contributed by atoms with Gasteiger partial charge in [-0.25, -0.2) is 0 Å². The van der Waals surface area contributed by atoms with Crippen LogP contribution in [0.5, 0.6) is 28.9 Å². The van der Waals surface area contributed by atoms with Crippen LogP contribution in [0, 0.1) is 0 Å². The summed E-state index contributed by atoms with van der Waals surface area (Å²) in [4.78, 5) is 5.36. The maximum Gasteiger partial charge on any atom is 0.196 e. The number of likely N-dealkylation sites (tertiary alicyclic amines) is 1. The van der Waals surface area contributed by atoms with Gasteiger partial charge in [-0.3, -0.25) is 4.90 Å². The summed E-state index contributed by atoms with van der Waals surface area (Å²) in [5.74, 6) is 3.31. The molecule has 0 unspecified atom stereocenters. The number of hydrogen-bond donors (Lipinski definition) is 2. The average molecular weight is 509 g/mol. The Balaban J connectivity index is 1.28. The first-order valence-electron chi connectivity index (χ1n) is 13.2. The summed E-state index contributed by atoms with van der Waals surface area (Å²) in [6.45, 7) is 4.00. The predicted octanol–water partition coefficient (Wildman–Crippen LogP) is 7.36. The van der Waals surface area contributed by atoms with Gasteiger partial charge in [-0.1, -0.05) is 18.6 Å². The lowest BCUT2D eigenvalue weighted by molar-refractivity contribution is 0.183. The predicted molar refractivity (Wildman–Crippen MR) is 152 cm³/mol. The van der Waals surface area contributed by atoms with Gasteiger partial charge in [0.2, 0.25) is 0 Å². The van der Waals surface area contributed by atoms with E-state index in [2.05, 4.69) is 28.1 Å². The van der Waals surface area contributed by atoms with Gasteiger partial charge in [0.15, 0.2) is 5.88 Å². The standard InChI is InChI=1S/C32H32N2O4/c1-36-27-11-14-29-23(20-27)5-12-28(22-6-13-30-24(19-22)21-33-32(30)35)31(29)38-26-9-7-25(8-10-26)37-18-17-34-15-3-2-4-16-34/h5-14,19-21,33,35H,2-4,15-18H2,1H3. The SMILES string of the molecule is COc1ccc2c(Oc3ccc(OCCN4CCCCC4)cc3)c(-c3ccc4c(O)[nH]cc4c3)ccc2c1. The molecule has 0 amide bonds. The van der Waals surface area contributed by atoms with Crippen LogP contribution in [0.25, 0.3) is 32.7 Å². The smallest absolute Gasteiger partial charge is 0.196 e. The third-order valence-electron chi connectivity index (χ3n) is 7.33. The molecular weight excluding hydrogens is 476 g/mol. The quantitative estimate of drug-likeness (QED) is 0.229. The summed E-state index contributed by atoms with van der Waals surface area (Å²) >= 11 is 0. The van der Waals surface area contributed by atoms with Crippen LogP contribution in [0.2, 0.25) is 0 Å². The molecule has 1 aliphatic rings. The number of H-pyrrole nitrogens is 1. The number of rotatable bonds is 8. The molecule has 2 heterocycles. The molecular formula is C32H32N2O4. The van der Waals surface area contributed by atoms with E-state index >= 15 is 0 Å². The number of piperidine rings is 1. The topological polar surface area (TPSA) is 66.9 Å². The van der Waals surface area contributed by atoms with Gasteiger partial charge in [0.05, 0.1) is 7.11 Å². The van der Waals surface area contributed by atoms with Gasteiger partial charge < -0.3 is 24.3 Å². The number of fused-ring (bicyclic) bond motifs is 2. The van der Waals surface area contributed by atoms with E-state index in [9.17, 15) is 5.11 Å². The molecule has 4 aromatic carbocycles. The van der Waals surface area contributed by atoms with Gasteiger partial charge in [-0.05, 0) is 97.5 Å². The zero-order valence-corrected chi connectivity index (χ0v) is 21.6. The second-order valence-corrected chi connectivity index (χ2v) is 9.79. The molecule has 5 aromatic rings. The van der Waals surface area contributed by atoms with Crippen LogP contribution in [0.15, 0.2) is 79.0 Å². The number of ether oxygens (including phenoxy) is 3. The van der Waals surface area contributed by atoms with Crippen LogP contribution in [-0.2, 0) is 0 Å². The van der Waals surface area contributed by atoms with E-state index in [1.165, 1.54) is 32.4 Å². The Morgan fingerprint density at radius 1 is 0.789 bits per heavy atom. The van der Waals surface area contributed by atoms with Crippen molar-refractivity contribution in [3.8, 4) is 40.0 Å². The molecule has 6 heteroatoms. The first kappa shape index (κ1) is 24.2. The molecule has 0 spiro atoms. The summed E-state index contributed by atoms with van der Waals surface area (Å²) < 4.78 is 18.0. The van der Waals surface area contributed by atoms with Crippen molar-refractivity contribution in [2.45, 2.75) is 19.3 Å². The minimum Gasteiger partial charge on any atom is -0.497 e. The van der Waals surface area contributed by atoms with Crippen molar-refractivity contribution in [2.24, 2.45) is 0 Å². The summed E-state index contributed by atoms with van der Waals surface area (Å²) in [5.41, 5.74) is 1.97. The zero-order chi connectivity index (χ0) is 25.9. The number of aromatic amines is 1. The van der Waals surface area contributed by atoms with Crippen LogP contribution in [0.3, 0.4) is 0 Å². The molecule has 0 aliphatic carbocycles. The Labute approximate surface area is 222 Å². The second kappa shape index (κ2) is 10.7. The van der Waals surface area contributed by atoms with Crippen LogP contribution in [0.4, 0.5) is 0 Å². The van der Waals surface area contributed by atoms with Gasteiger partial charge >= 0.3 is 0 Å². The third-order valence-corrected chi connectivity index (χ3v) is 7.33. The van der Waals surface area contributed by atoms with Crippen molar-refractivity contribution >= 4 is 21.5 Å². The van der Waals surface area contributed by atoms with E-state index in [0.29, 0.717) is 6.61 Å². The zero-order valence-electron chi connectivity index (χ0n) is 21.6. The average Bonchev–Trinajstić information content (AvgIpc) is 3.34. The maximum absolute atomic E-state index is 10.1. The van der Waals surface area contributed by atoms with E-state index in [1.54, 1.807) is 7.11 Å². The molecule has 0 saturated carbocycles. The first-order chi connectivity index (χ1) is 18.7. The number of nitrogens with one attached hydrogen (secondary N) is 1. The number of aromatic hydroxyl groups is 1. The van der Waals surface area contributed by atoms with Crippen LogP contribution >= 0.6 is 0 Å². The molecule has 2 N–H and O–H groups in total. The molecule has 1 fully saturated rings. The highest BCUT2D eigenvalue weighted by atomic mass is 16.5. The summed E-state index contributed by atoms with van der Waals surface area (Å²) in [7, 11) is 1.67. The Morgan fingerprint density at radius 2 is 1.55 bits per heavy atom. The minimum atomic E-state index is 0.173. The first-order valence-corrected chi connectivity index (χ1v) is 13.2. The van der Waals surface area contributed by atoms with Crippen molar-refractivity contribution in [3.05, 3.63) is 79.0 Å². The van der Waals surface area contributed by atoms with Crippen LogP contribution < -0.4 is 14.2 Å². The Kier molecular flexibility index (Phi) is 6.80. The van der Waals surface area contributed by atoms with E-state index in [1.807, 2.05) is 60.8 Å². The van der Waals surface area contributed by atoms with Crippen molar-refractivity contribution in [3.63, 3.8) is 0 Å². The third kappa shape index (κ3) is 5.00. The molecule has 38 heavy (non-hydrogen) atoms. The van der Waals surface area contributed by atoms with Gasteiger partial charge in [0.1, 0.15) is 29.6 Å². The summed E-state index contributed by atoms with van der Waals surface area (Å²) in [6.07, 6.45) is 5.73. The summed E-state index contributed by atoms with van der Waals surface area (Å²) in [5, 5.41) is 13.8. The van der Waals surface area contributed by atoms with Gasteiger partial charge in [-0.2, -0.15) is 0 Å². The Hall–Kier alpha value is -4.16. The number of nitrogens with zero attached hydrogens (tertiary/aromatic N) is 1. The lowest BCUT2D eigenvalue weighted by atomic mass is 9.98. The Morgan fingerprint density at radius 3 is 2.37 bits per heavy atom. The second-order valence-electron chi connectivity index (χ2n) is 9.79. The van der Waals surface area contributed by atoms with Crippen molar-refractivity contribution in [1.29, 1.82) is 0 Å². The molecule has 0 radical (unpaired) electrons. The molecule has 1 aromatic heterocycles. The summed E-state index contributed by atoms with van der Waals surface area (Å²) in [6, 6.07) is 24.0. The van der Waals surface area contributed by atoms with E-state index in [-0.39, 0.29) is 5.88 Å². The largest absolute Gasteiger partial charge is 0.497 e. The fourth-order valence-electron chi connectivity index (χ4n) is 5.23. The minimum absolute atomic E-state index is 0.173. The normalized spacial score (nSPS) is 14.1. The molecule has 6 rings (SSSR count). The highest BCUT2D eigenvalue weighted by Crippen LogP contribution is 2.42. The van der Waals surface area contributed by atoms with Gasteiger partial charge in [-0.15, -0.1) is 0 Å². The number of benzene rings is 4. The van der Waals surface area contributed by atoms with E-state index < -0.39 is 0 Å². The maximum atomic E-state index is 10.1. The molecule has 1 aliphatic heterocycles. The van der Waals surface area contributed by atoms with Crippen molar-refractivity contribution in [2.75, 3.05) is 33.4 Å². The van der Waals surface area contributed by atoms with Gasteiger partial charge in [0.25, 0.3) is 0 Å². The number of methoxy groups -OCH3 is 1. The lowest BCUT2D eigenvalue weighted by Crippen LogP contribution is -2.33. The molecule has 0 bridgehead atoms. The molecule has 0 atom stereocenters. The molecule has 194 valence electrons. The van der Waals surface area contributed by atoms with Crippen LogP contribution in [0.1, 0.15) is 19.3 Å². The van der Waals surface area contributed by atoms with Crippen molar-refractivity contribution < 1.29 is 19.3 Å². The van der Waals surface area contributed by atoms with Crippen molar-refractivity contribution in [1.82, 2.24) is 9.88 Å². The molecule has 6 nitrogen and oxygen atoms in total. The van der Waals surface area contributed by atoms with E-state index in [4.69, 9.17) is 14.2 Å². The fraction of sp³-hybridized carbons (Fsp3) is 0.250. The highest BCUT2D eigenvalue weighted by molar-refractivity contribution is 5.98. The van der Waals surface area contributed by atoms with Gasteiger partial charge in [0, 0.05) is 34.5 Å². The number of hydrogen-bond acceptors (Lipinski definition) is 5. The lowest BCUT2D eigenvalue weighted by Gasteiger charge is -2.26. The Bertz CT molecular complexity index is 1550. The van der Waals surface area contributed by atoms with Crippen LogP contribution in [-0.4, -0.2) is 48.3 Å². The molecule has 1 saturated heterocycles. The number of aromatic nitrogens is 1. The highest BCUT2D eigenvalue weighted by Gasteiger charge is 2.15. The van der Waals surface area contributed by atoms with E-state index in [0.717, 1.165) is 62.2 Å².